The fraction of sp³-hybridized carbons (Fsp3) is 0.571. The topological polar surface area (TPSA) is 29.9 Å². The molecule has 2 rings (SSSR count). The van der Waals surface area contributed by atoms with Crippen molar-refractivity contribution < 1.29 is 0 Å². The maximum atomic E-state index is 4.59. The normalized spacial score (nSPS) is 14.0. The van der Waals surface area contributed by atoms with Gasteiger partial charge in [0.25, 0.3) is 0 Å². The molecule has 0 fully saturated rings. The molecule has 1 aromatic heterocycles. The summed E-state index contributed by atoms with van der Waals surface area (Å²) in [6, 6.07) is 9.21. The first-order chi connectivity index (χ1) is 11.0. The van der Waals surface area contributed by atoms with Crippen LogP contribution in [0.25, 0.3) is 11.3 Å². The lowest BCUT2D eigenvalue weighted by Gasteiger charge is -2.23. The number of benzene rings is 1. The van der Waals surface area contributed by atoms with Gasteiger partial charge in [-0.25, -0.2) is 4.98 Å². The summed E-state index contributed by atoms with van der Waals surface area (Å²) in [4.78, 5) is 4.59. The molecule has 0 bridgehead atoms. The zero-order valence-corrected chi connectivity index (χ0v) is 16.4. The van der Waals surface area contributed by atoms with Gasteiger partial charge in [0.15, 0.2) is 0 Å². The average molecular weight is 328 g/mol. The predicted octanol–water partition coefficient (Wildman–Crippen LogP) is 5.09. The molecule has 0 aliphatic rings. The minimum absolute atomic E-state index is 0.139. The van der Waals surface area contributed by atoms with Crippen LogP contribution < -0.4 is 5.32 Å². The van der Waals surface area contributed by atoms with Gasteiger partial charge in [0.2, 0.25) is 0 Å². The number of hydrogen-bond donors (Lipinski definition) is 1. The van der Waals surface area contributed by atoms with E-state index in [4.69, 9.17) is 0 Å². The van der Waals surface area contributed by atoms with Crippen LogP contribution in [0.4, 0.5) is 0 Å². The van der Waals surface area contributed by atoms with Crippen molar-refractivity contribution in [3.63, 3.8) is 0 Å². The Hall–Kier alpha value is -1.61. The van der Waals surface area contributed by atoms with Crippen LogP contribution in [0.2, 0.25) is 0 Å². The Bertz CT molecular complexity index is 639. The number of hydrogen-bond acceptors (Lipinski definition) is 2. The van der Waals surface area contributed by atoms with E-state index in [-0.39, 0.29) is 5.54 Å². The Balaban J connectivity index is 2.04. The highest BCUT2D eigenvalue weighted by atomic mass is 15.1. The average Bonchev–Trinajstić information content (AvgIpc) is 2.93. The van der Waals surface area contributed by atoms with Crippen molar-refractivity contribution in [2.45, 2.75) is 66.5 Å². The number of rotatable bonds is 5. The van der Waals surface area contributed by atoms with Crippen LogP contribution >= 0.6 is 0 Å². The fourth-order valence-corrected chi connectivity index (χ4v) is 2.69. The second kappa shape index (κ2) is 7.10. The fourth-order valence-electron chi connectivity index (χ4n) is 2.69. The first kappa shape index (κ1) is 18.7. The molecule has 1 N–H and O–H groups in total. The maximum absolute atomic E-state index is 4.59. The SMILES string of the molecule is C[C@H](CNC(C)(C)C)n1cnc(-c2ccc(CC(C)(C)C)cc2)c1. The minimum atomic E-state index is 0.139. The van der Waals surface area contributed by atoms with E-state index in [2.05, 4.69) is 93.8 Å². The summed E-state index contributed by atoms with van der Waals surface area (Å²) in [5.74, 6) is 0. The molecule has 0 spiro atoms. The summed E-state index contributed by atoms with van der Waals surface area (Å²) in [6.07, 6.45) is 5.18. The molecular formula is C21H33N3. The molecule has 132 valence electrons. The van der Waals surface area contributed by atoms with E-state index in [9.17, 15) is 0 Å². The quantitative estimate of drug-likeness (QED) is 0.829. The van der Waals surface area contributed by atoms with Gasteiger partial charge in [0.05, 0.1) is 12.0 Å². The Kier molecular flexibility index (Phi) is 5.54. The van der Waals surface area contributed by atoms with Gasteiger partial charge in [-0.05, 0) is 45.1 Å². The summed E-state index contributed by atoms with van der Waals surface area (Å²) in [7, 11) is 0. The molecule has 0 aliphatic heterocycles. The van der Waals surface area contributed by atoms with Crippen molar-refractivity contribution in [2.24, 2.45) is 5.41 Å². The summed E-state index contributed by atoms with van der Waals surface area (Å²) in [5, 5.41) is 3.55. The molecule has 0 saturated heterocycles. The first-order valence-electron chi connectivity index (χ1n) is 8.91. The molecule has 0 unspecified atom stereocenters. The Labute approximate surface area is 147 Å². The zero-order valence-electron chi connectivity index (χ0n) is 16.4. The number of nitrogens with zero attached hydrogens (tertiary/aromatic N) is 2. The molecule has 0 saturated carbocycles. The van der Waals surface area contributed by atoms with E-state index in [1.807, 2.05) is 6.33 Å². The third kappa shape index (κ3) is 5.79. The second-order valence-corrected chi connectivity index (χ2v) is 9.12. The number of imidazole rings is 1. The highest BCUT2D eigenvalue weighted by molar-refractivity contribution is 5.58. The smallest absolute Gasteiger partial charge is 0.0956 e. The highest BCUT2D eigenvalue weighted by Crippen LogP contribution is 2.24. The molecule has 0 aliphatic carbocycles. The van der Waals surface area contributed by atoms with Crippen molar-refractivity contribution in [2.75, 3.05) is 6.54 Å². The molecule has 1 aromatic carbocycles. The van der Waals surface area contributed by atoms with Crippen LogP contribution in [-0.2, 0) is 6.42 Å². The van der Waals surface area contributed by atoms with Crippen LogP contribution in [0.3, 0.4) is 0 Å². The lowest BCUT2D eigenvalue weighted by Crippen LogP contribution is -2.39. The van der Waals surface area contributed by atoms with Gasteiger partial charge in [-0.15, -0.1) is 0 Å². The van der Waals surface area contributed by atoms with Crippen LogP contribution in [0.1, 0.15) is 60.1 Å². The minimum Gasteiger partial charge on any atom is -0.333 e. The van der Waals surface area contributed by atoms with E-state index < -0.39 is 0 Å². The van der Waals surface area contributed by atoms with Crippen LogP contribution in [-0.4, -0.2) is 21.6 Å². The molecular weight excluding hydrogens is 294 g/mol. The van der Waals surface area contributed by atoms with Crippen molar-refractivity contribution in [3.05, 3.63) is 42.4 Å². The molecule has 3 heteroatoms. The van der Waals surface area contributed by atoms with E-state index >= 15 is 0 Å². The molecule has 2 aromatic rings. The van der Waals surface area contributed by atoms with Gasteiger partial charge in [0, 0.05) is 29.9 Å². The van der Waals surface area contributed by atoms with Crippen molar-refractivity contribution in [1.82, 2.24) is 14.9 Å². The van der Waals surface area contributed by atoms with E-state index in [1.165, 1.54) is 11.1 Å². The van der Waals surface area contributed by atoms with Gasteiger partial charge in [-0.1, -0.05) is 45.0 Å². The van der Waals surface area contributed by atoms with Crippen LogP contribution in [0.15, 0.2) is 36.8 Å². The molecule has 1 atom stereocenters. The molecule has 0 amide bonds. The Morgan fingerprint density at radius 2 is 1.67 bits per heavy atom. The largest absolute Gasteiger partial charge is 0.333 e. The second-order valence-electron chi connectivity index (χ2n) is 9.12. The monoisotopic (exact) mass is 327 g/mol. The lowest BCUT2D eigenvalue weighted by molar-refractivity contribution is 0.379. The summed E-state index contributed by atoms with van der Waals surface area (Å²) < 4.78 is 2.19. The van der Waals surface area contributed by atoms with Crippen molar-refractivity contribution >= 4 is 0 Å². The van der Waals surface area contributed by atoms with Crippen LogP contribution in [0.5, 0.6) is 0 Å². The summed E-state index contributed by atoms with van der Waals surface area (Å²) in [5.41, 5.74) is 4.06. The van der Waals surface area contributed by atoms with Gasteiger partial charge in [-0.2, -0.15) is 0 Å². The van der Waals surface area contributed by atoms with Gasteiger partial charge >= 0.3 is 0 Å². The van der Waals surface area contributed by atoms with Crippen molar-refractivity contribution in [3.8, 4) is 11.3 Å². The maximum Gasteiger partial charge on any atom is 0.0956 e. The number of nitrogens with one attached hydrogen (secondary N) is 1. The molecule has 24 heavy (non-hydrogen) atoms. The van der Waals surface area contributed by atoms with E-state index in [1.54, 1.807) is 0 Å². The Morgan fingerprint density at radius 1 is 1.04 bits per heavy atom. The molecule has 1 heterocycles. The van der Waals surface area contributed by atoms with Crippen LogP contribution in [0, 0.1) is 5.41 Å². The first-order valence-corrected chi connectivity index (χ1v) is 8.91. The summed E-state index contributed by atoms with van der Waals surface area (Å²) >= 11 is 0. The van der Waals surface area contributed by atoms with Gasteiger partial charge in [0.1, 0.15) is 0 Å². The number of aromatic nitrogens is 2. The van der Waals surface area contributed by atoms with E-state index in [0.717, 1.165) is 18.7 Å². The third-order valence-electron chi connectivity index (χ3n) is 4.02. The summed E-state index contributed by atoms with van der Waals surface area (Å²) in [6.45, 7) is 16.6. The Morgan fingerprint density at radius 3 is 2.21 bits per heavy atom. The third-order valence-corrected chi connectivity index (χ3v) is 4.02. The van der Waals surface area contributed by atoms with E-state index in [0.29, 0.717) is 11.5 Å². The lowest BCUT2D eigenvalue weighted by atomic mass is 9.88. The predicted molar refractivity (Wildman–Crippen MR) is 103 cm³/mol. The molecule has 0 radical (unpaired) electrons. The van der Waals surface area contributed by atoms with Gasteiger partial charge < -0.3 is 9.88 Å². The zero-order chi connectivity index (χ0) is 18.0. The highest BCUT2D eigenvalue weighted by Gasteiger charge is 2.14. The van der Waals surface area contributed by atoms with Crippen molar-refractivity contribution in [1.29, 1.82) is 0 Å². The molecule has 3 nitrogen and oxygen atoms in total. The standard InChI is InChI=1S/C21H33N3/c1-16(13-23-21(5,6)7)24-14-19(22-15-24)18-10-8-17(9-11-18)12-20(2,3)4/h8-11,14-16,23H,12-13H2,1-7H3/t16-/m1/s1. The van der Waals surface area contributed by atoms with Gasteiger partial charge in [-0.3, -0.25) is 0 Å².